The molecule has 0 amide bonds. The van der Waals surface area contributed by atoms with Gasteiger partial charge >= 0.3 is 7.12 Å². The average Bonchev–Trinajstić information content (AvgIpc) is 2.22. The van der Waals surface area contributed by atoms with E-state index in [0.717, 1.165) is 29.0 Å². The van der Waals surface area contributed by atoms with Gasteiger partial charge in [-0.1, -0.05) is 13.0 Å². The Balaban J connectivity index is 2.44. The minimum absolute atomic E-state index is 0.144. The summed E-state index contributed by atoms with van der Waals surface area (Å²) in [5.74, 6) is 1.72. The molecule has 0 bridgehead atoms. The number of rotatable bonds is 1. The zero-order valence-electron chi connectivity index (χ0n) is 9.28. The number of hydrogen-bond acceptors (Lipinski definition) is 3. The SMILES string of the molecule is COc1ccc2c(c1C)OB(O)C(C)C2. The van der Waals surface area contributed by atoms with Crippen LogP contribution in [0.3, 0.4) is 0 Å². The first-order chi connectivity index (χ1) is 7.13. The Kier molecular flexibility index (Phi) is 2.61. The van der Waals surface area contributed by atoms with E-state index in [1.807, 2.05) is 26.0 Å². The summed E-state index contributed by atoms with van der Waals surface area (Å²) >= 11 is 0. The second-order valence-electron chi connectivity index (χ2n) is 4.07. The molecular formula is C11H15BO3. The molecule has 15 heavy (non-hydrogen) atoms. The van der Waals surface area contributed by atoms with Gasteiger partial charge in [0.15, 0.2) is 0 Å². The molecule has 1 heterocycles. The Hall–Kier alpha value is -1.16. The van der Waals surface area contributed by atoms with Crippen molar-refractivity contribution in [2.24, 2.45) is 0 Å². The van der Waals surface area contributed by atoms with Crippen molar-refractivity contribution in [3.05, 3.63) is 23.3 Å². The highest BCUT2D eigenvalue weighted by atomic mass is 16.5. The number of ether oxygens (including phenoxy) is 1. The van der Waals surface area contributed by atoms with Crippen LogP contribution in [0.1, 0.15) is 18.1 Å². The van der Waals surface area contributed by atoms with Crippen LogP contribution in [0, 0.1) is 6.92 Å². The fraction of sp³-hybridized carbons (Fsp3) is 0.455. The van der Waals surface area contributed by atoms with Crippen molar-refractivity contribution < 1.29 is 14.4 Å². The van der Waals surface area contributed by atoms with Crippen molar-refractivity contribution in [2.75, 3.05) is 7.11 Å². The summed E-state index contributed by atoms with van der Waals surface area (Å²) in [7, 11) is 0.930. The highest BCUT2D eigenvalue weighted by Crippen LogP contribution is 2.37. The lowest BCUT2D eigenvalue weighted by Crippen LogP contribution is -2.32. The van der Waals surface area contributed by atoms with Gasteiger partial charge in [0.25, 0.3) is 0 Å². The summed E-state index contributed by atoms with van der Waals surface area (Å²) in [6.45, 7) is 3.92. The lowest BCUT2D eigenvalue weighted by Gasteiger charge is -2.26. The summed E-state index contributed by atoms with van der Waals surface area (Å²) < 4.78 is 10.7. The minimum Gasteiger partial charge on any atom is -0.535 e. The number of hydrogen-bond donors (Lipinski definition) is 1. The van der Waals surface area contributed by atoms with Crippen LogP contribution < -0.4 is 9.39 Å². The van der Waals surface area contributed by atoms with Crippen molar-refractivity contribution in [3.63, 3.8) is 0 Å². The smallest absolute Gasteiger partial charge is 0.525 e. The predicted octanol–water partition coefficient (Wildman–Crippen LogP) is 1.81. The summed E-state index contributed by atoms with van der Waals surface area (Å²) in [5, 5.41) is 9.65. The molecule has 1 aliphatic rings. The number of methoxy groups -OCH3 is 1. The molecule has 80 valence electrons. The molecule has 1 unspecified atom stereocenters. The molecule has 0 aliphatic carbocycles. The fourth-order valence-corrected chi connectivity index (χ4v) is 1.96. The molecule has 2 rings (SSSR count). The normalized spacial score (nSPS) is 19.5. The van der Waals surface area contributed by atoms with Gasteiger partial charge in [0.1, 0.15) is 11.5 Å². The molecule has 0 saturated carbocycles. The molecule has 1 aromatic carbocycles. The first kappa shape index (κ1) is 10.4. The lowest BCUT2D eigenvalue weighted by atomic mass is 9.68. The topological polar surface area (TPSA) is 38.7 Å². The highest BCUT2D eigenvalue weighted by Gasteiger charge is 2.32. The molecule has 1 aromatic rings. The molecule has 0 fully saturated rings. The van der Waals surface area contributed by atoms with E-state index in [2.05, 4.69) is 0 Å². The first-order valence-electron chi connectivity index (χ1n) is 5.14. The molecule has 1 N–H and O–H groups in total. The lowest BCUT2D eigenvalue weighted by molar-refractivity contribution is 0.369. The van der Waals surface area contributed by atoms with E-state index in [0.29, 0.717) is 0 Å². The zero-order chi connectivity index (χ0) is 11.0. The third-order valence-electron chi connectivity index (χ3n) is 2.92. The molecule has 0 radical (unpaired) electrons. The van der Waals surface area contributed by atoms with Gasteiger partial charge in [-0.3, -0.25) is 0 Å². The fourth-order valence-electron chi connectivity index (χ4n) is 1.96. The maximum Gasteiger partial charge on any atom is 0.525 e. The van der Waals surface area contributed by atoms with Gasteiger partial charge in [-0.25, -0.2) is 0 Å². The van der Waals surface area contributed by atoms with E-state index in [9.17, 15) is 5.02 Å². The molecule has 1 atom stereocenters. The molecule has 1 aliphatic heterocycles. The first-order valence-corrected chi connectivity index (χ1v) is 5.14. The zero-order valence-corrected chi connectivity index (χ0v) is 9.28. The van der Waals surface area contributed by atoms with Crippen LogP contribution >= 0.6 is 0 Å². The Labute approximate surface area is 90.2 Å². The Morgan fingerprint density at radius 2 is 2.27 bits per heavy atom. The van der Waals surface area contributed by atoms with Crippen LogP contribution in [0.4, 0.5) is 0 Å². The Bertz CT molecular complexity index is 378. The van der Waals surface area contributed by atoms with E-state index in [4.69, 9.17) is 9.39 Å². The van der Waals surface area contributed by atoms with Crippen molar-refractivity contribution >= 4 is 7.12 Å². The van der Waals surface area contributed by atoms with E-state index in [1.54, 1.807) is 7.11 Å². The second-order valence-corrected chi connectivity index (χ2v) is 4.07. The second kappa shape index (κ2) is 3.78. The van der Waals surface area contributed by atoms with Crippen molar-refractivity contribution in [1.29, 1.82) is 0 Å². The summed E-state index contributed by atoms with van der Waals surface area (Å²) in [6.07, 6.45) is 0.849. The van der Waals surface area contributed by atoms with E-state index >= 15 is 0 Å². The van der Waals surface area contributed by atoms with Gasteiger partial charge in [-0.05, 0) is 25.0 Å². The highest BCUT2D eigenvalue weighted by molar-refractivity contribution is 6.46. The standard InChI is InChI=1S/C11H15BO3/c1-7-6-9-4-5-10(14-3)8(2)11(9)15-12(7)13/h4-5,7,13H,6H2,1-3H3. The maximum atomic E-state index is 9.65. The van der Waals surface area contributed by atoms with E-state index in [-0.39, 0.29) is 5.82 Å². The van der Waals surface area contributed by atoms with Crippen LogP contribution in [-0.2, 0) is 6.42 Å². The van der Waals surface area contributed by atoms with Crippen molar-refractivity contribution in [1.82, 2.24) is 0 Å². The third-order valence-corrected chi connectivity index (χ3v) is 2.92. The van der Waals surface area contributed by atoms with Crippen LogP contribution in [0.5, 0.6) is 11.5 Å². The number of benzene rings is 1. The minimum atomic E-state index is -0.705. The largest absolute Gasteiger partial charge is 0.535 e. The predicted molar refractivity (Wildman–Crippen MR) is 59.5 cm³/mol. The maximum absolute atomic E-state index is 9.65. The molecule has 3 nitrogen and oxygen atoms in total. The van der Waals surface area contributed by atoms with Crippen molar-refractivity contribution in [2.45, 2.75) is 26.1 Å². The van der Waals surface area contributed by atoms with Gasteiger partial charge in [0.05, 0.1) is 7.11 Å². The molecule has 0 aromatic heterocycles. The quantitative estimate of drug-likeness (QED) is 0.712. The average molecular weight is 206 g/mol. The van der Waals surface area contributed by atoms with Gasteiger partial charge in [-0.15, -0.1) is 0 Å². The summed E-state index contributed by atoms with van der Waals surface area (Å²) in [5.41, 5.74) is 2.10. The molecule has 0 saturated heterocycles. The summed E-state index contributed by atoms with van der Waals surface area (Å²) in [6, 6.07) is 3.95. The van der Waals surface area contributed by atoms with Gasteiger partial charge < -0.3 is 14.4 Å². The van der Waals surface area contributed by atoms with Crippen molar-refractivity contribution in [3.8, 4) is 11.5 Å². The van der Waals surface area contributed by atoms with E-state index < -0.39 is 7.12 Å². The van der Waals surface area contributed by atoms with Crippen LogP contribution in [0.2, 0.25) is 5.82 Å². The van der Waals surface area contributed by atoms with Crippen LogP contribution in [-0.4, -0.2) is 19.3 Å². The molecule has 4 heteroatoms. The van der Waals surface area contributed by atoms with Gasteiger partial charge in [0, 0.05) is 11.4 Å². The van der Waals surface area contributed by atoms with Crippen LogP contribution in [0.15, 0.2) is 12.1 Å². The number of fused-ring (bicyclic) bond motifs is 1. The Morgan fingerprint density at radius 3 is 2.93 bits per heavy atom. The molecule has 0 spiro atoms. The third kappa shape index (κ3) is 1.70. The Morgan fingerprint density at radius 1 is 1.53 bits per heavy atom. The summed E-state index contributed by atoms with van der Waals surface area (Å²) in [4.78, 5) is 0. The van der Waals surface area contributed by atoms with Gasteiger partial charge in [0.2, 0.25) is 0 Å². The molecular weight excluding hydrogens is 191 g/mol. The van der Waals surface area contributed by atoms with Gasteiger partial charge in [-0.2, -0.15) is 0 Å². The monoisotopic (exact) mass is 206 g/mol. The van der Waals surface area contributed by atoms with Crippen LogP contribution in [0.25, 0.3) is 0 Å². The van der Waals surface area contributed by atoms with E-state index in [1.165, 1.54) is 0 Å².